The Morgan fingerprint density at radius 3 is 2.27 bits per heavy atom. The molecule has 10 nitrogen and oxygen atoms in total. The van der Waals surface area contributed by atoms with Crippen LogP contribution in [0, 0.1) is 11.3 Å². The first kappa shape index (κ1) is 24.9. The normalized spacial score (nSPS) is 10.5. The summed E-state index contributed by atoms with van der Waals surface area (Å²) < 4.78 is 24.7. The molecular weight excluding hydrogens is 432 g/mol. The van der Waals surface area contributed by atoms with Gasteiger partial charge in [0.15, 0.2) is 11.5 Å². The van der Waals surface area contributed by atoms with Gasteiger partial charge in [-0.25, -0.2) is 14.4 Å². The number of ether oxygens (including phenoxy) is 5. The molecule has 33 heavy (non-hydrogen) atoms. The number of esters is 1. The smallest absolute Gasteiger partial charge is 0.461 e. The van der Waals surface area contributed by atoms with Crippen LogP contribution in [0.1, 0.15) is 25.1 Å². The summed E-state index contributed by atoms with van der Waals surface area (Å²) in [5, 5.41) is 9.37. The summed E-state index contributed by atoms with van der Waals surface area (Å²) in [5.74, 6) is -1.11. The predicted octanol–water partition coefficient (Wildman–Crippen LogP) is 3.85. The summed E-state index contributed by atoms with van der Waals surface area (Å²) in [6, 6.07) is 11.2. The van der Waals surface area contributed by atoms with Crippen LogP contribution in [-0.2, 0) is 25.4 Å². The molecule has 10 heteroatoms. The summed E-state index contributed by atoms with van der Waals surface area (Å²) in [5.41, 5.74) is 0.770. The van der Waals surface area contributed by atoms with Crippen molar-refractivity contribution in [2.45, 2.75) is 20.3 Å². The zero-order valence-corrected chi connectivity index (χ0v) is 18.1. The summed E-state index contributed by atoms with van der Waals surface area (Å²) in [4.78, 5) is 39.8. The Hall–Kier alpha value is -4.39. The van der Waals surface area contributed by atoms with Crippen molar-refractivity contribution in [3.63, 3.8) is 0 Å². The molecule has 0 N–H and O–H groups in total. The highest BCUT2D eigenvalue weighted by molar-refractivity contribution is 5.98. The number of aromatic nitrogens is 1. The molecule has 172 valence electrons. The molecule has 0 aliphatic rings. The van der Waals surface area contributed by atoms with Gasteiger partial charge in [0, 0.05) is 18.3 Å². The van der Waals surface area contributed by atoms with Crippen LogP contribution in [0.4, 0.5) is 9.59 Å². The lowest BCUT2D eigenvalue weighted by molar-refractivity contribution is -0.138. The van der Waals surface area contributed by atoms with E-state index in [0.29, 0.717) is 12.0 Å². The van der Waals surface area contributed by atoms with Crippen molar-refractivity contribution >= 4 is 24.4 Å². The SMILES string of the molecule is CCOC(=O)Oc1ccc(C=C(C#N)C(=O)OCCc2ccccn2)cc1OC(=O)OCC. The van der Waals surface area contributed by atoms with Gasteiger partial charge < -0.3 is 23.7 Å². The number of carbonyl (C=O) groups excluding carboxylic acids is 3. The van der Waals surface area contributed by atoms with E-state index in [1.807, 2.05) is 6.07 Å². The molecule has 0 fully saturated rings. The third kappa shape index (κ3) is 8.34. The van der Waals surface area contributed by atoms with Crippen LogP contribution in [0.15, 0.2) is 48.2 Å². The second kappa shape index (κ2) is 13.1. The highest BCUT2D eigenvalue weighted by Gasteiger charge is 2.17. The highest BCUT2D eigenvalue weighted by atomic mass is 16.7. The fraction of sp³-hybridized carbons (Fsp3) is 0.261. The van der Waals surface area contributed by atoms with Crippen LogP contribution in [0.3, 0.4) is 0 Å². The monoisotopic (exact) mass is 454 g/mol. The lowest BCUT2D eigenvalue weighted by atomic mass is 10.1. The molecule has 0 aliphatic carbocycles. The van der Waals surface area contributed by atoms with Gasteiger partial charge in [0.05, 0.1) is 19.8 Å². The standard InChI is InChI=1S/C23H22N2O8/c1-3-29-22(27)32-19-9-8-16(14-20(19)33-23(28)30-4-2)13-17(15-24)21(26)31-12-10-18-7-5-6-11-25-18/h5-9,11,13-14H,3-4,10,12H2,1-2H3. The first-order chi connectivity index (χ1) is 16.0. The number of hydrogen-bond donors (Lipinski definition) is 0. The lowest BCUT2D eigenvalue weighted by Gasteiger charge is -2.11. The number of nitrogens with zero attached hydrogens (tertiary/aromatic N) is 2. The molecule has 2 aromatic rings. The molecule has 1 aromatic carbocycles. The summed E-state index contributed by atoms with van der Waals surface area (Å²) in [7, 11) is 0. The van der Waals surface area contributed by atoms with Gasteiger partial charge in [0.2, 0.25) is 0 Å². The van der Waals surface area contributed by atoms with Crippen molar-refractivity contribution in [2.75, 3.05) is 19.8 Å². The van der Waals surface area contributed by atoms with Crippen molar-refractivity contribution in [3.8, 4) is 17.6 Å². The van der Waals surface area contributed by atoms with E-state index in [1.165, 1.54) is 24.3 Å². The maximum Gasteiger partial charge on any atom is 0.513 e. The Balaban J connectivity index is 2.17. The Morgan fingerprint density at radius 2 is 1.67 bits per heavy atom. The molecule has 0 bridgehead atoms. The largest absolute Gasteiger partial charge is 0.513 e. The van der Waals surface area contributed by atoms with Gasteiger partial charge in [-0.2, -0.15) is 5.26 Å². The van der Waals surface area contributed by atoms with E-state index >= 15 is 0 Å². The van der Waals surface area contributed by atoms with Crippen molar-refractivity contribution in [1.82, 2.24) is 4.98 Å². The highest BCUT2D eigenvalue weighted by Crippen LogP contribution is 2.30. The fourth-order valence-electron chi connectivity index (χ4n) is 2.43. The average Bonchev–Trinajstić information content (AvgIpc) is 2.80. The molecule has 0 radical (unpaired) electrons. The lowest BCUT2D eigenvalue weighted by Crippen LogP contribution is -2.14. The van der Waals surface area contributed by atoms with Gasteiger partial charge in [-0.15, -0.1) is 0 Å². The second-order valence-corrected chi connectivity index (χ2v) is 6.15. The zero-order valence-electron chi connectivity index (χ0n) is 18.1. The molecule has 1 aromatic heterocycles. The number of carbonyl (C=O) groups is 3. The molecule has 0 saturated heterocycles. The van der Waals surface area contributed by atoms with Crippen LogP contribution in [0.2, 0.25) is 0 Å². The molecule has 0 amide bonds. The third-order valence-corrected chi connectivity index (χ3v) is 3.85. The number of hydrogen-bond acceptors (Lipinski definition) is 10. The Bertz CT molecular complexity index is 1040. The van der Waals surface area contributed by atoms with E-state index in [9.17, 15) is 19.6 Å². The second-order valence-electron chi connectivity index (χ2n) is 6.15. The molecular formula is C23H22N2O8. The van der Waals surface area contributed by atoms with Gasteiger partial charge in [-0.3, -0.25) is 4.98 Å². The van der Waals surface area contributed by atoms with Crippen molar-refractivity contribution in [1.29, 1.82) is 5.26 Å². The van der Waals surface area contributed by atoms with E-state index in [2.05, 4.69) is 4.98 Å². The van der Waals surface area contributed by atoms with Crippen LogP contribution in [-0.4, -0.2) is 43.1 Å². The van der Waals surface area contributed by atoms with Crippen molar-refractivity contribution < 1.29 is 38.1 Å². The third-order valence-electron chi connectivity index (χ3n) is 3.85. The molecule has 0 unspecified atom stereocenters. The minimum absolute atomic E-state index is 0.0401. The summed E-state index contributed by atoms with van der Waals surface area (Å²) in [6.45, 7) is 3.38. The first-order valence-corrected chi connectivity index (χ1v) is 9.98. The maximum absolute atomic E-state index is 12.3. The van der Waals surface area contributed by atoms with Crippen molar-refractivity contribution in [3.05, 3.63) is 59.4 Å². The van der Waals surface area contributed by atoms with E-state index in [1.54, 1.807) is 38.2 Å². The average molecular weight is 454 g/mol. The van der Waals surface area contributed by atoms with Crippen LogP contribution < -0.4 is 9.47 Å². The van der Waals surface area contributed by atoms with Gasteiger partial charge in [-0.1, -0.05) is 12.1 Å². The number of benzene rings is 1. The van der Waals surface area contributed by atoms with Crippen molar-refractivity contribution in [2.24, 2.45) is 0 Å². The maximum atomic E-state index is 12.3. The van der Waals surface area contributed by atoms with Crippen LogP contribution >= 0.6 is 0 Å². The fourth-order valence-corrected chi connectivity index (χ4v) is 2.43. The number of pyridine rings is 1. The molecule has 1 heterocycles. The van der Waals surface area contributed by atoms with Crippen LogP contribution in [0.5, 0.6) is 11.5 Å². The Labute approximate surface area is 190 Å². The van der Waals surface area contributed by atoms with Crippen LogP contribution in [0.25, 0.3) is 6.08 Å². The van der Waals surface area contributed by atoms with Gasteiger partial charge in [0.1, 0.15) is 11.6 Å². The van der Waals surface area contributed by atoms with Gasteiger partial charge in [-0.05, 0) is 49.8 Å². The molecule has 0 saturated carbocycles. The Kier molecular flexibility index (Phi) is 9.89. The van der Waals surface area contributed by atoms with E-state index in [4.69, 9.17) is 23.7 Å². The topological polar surface area (TPSA) is 134 Å². The minimum atomic E-state index is -1.03. The molecule has 0 spiro atoms. The van der Waals surface area contributed by atoms with Gasteiger partial charge >= 0.3 is 18.3 Å². The minimum Gasteiger partial charge on any atom is -0.461 e. The zero-order chi connectivity index (χ0) is 24.1. The summed E-state index contributed by atoms with van der Waals surface area (Å²) in [6.07, 6.45) is 1.24. The predicted molar refractivity (Wildman–Crippen MR) is 114 cm³/mol. The Morgan fingerprint density at radius 1 is 0.970 bits per heavy atom. The molecule has 0 atom stereocenters. The number of nitriles is 1. The van der Waals surface area contributed by atoms with E-state index in [-0.39, 0.29) is 36.9 Å². The van der Waals surface area contributed by atoms with Gasteiger partial charge in [0.25, 0.3) is 0 Å². The van der Waals surface area contributed by atoms with E-state index in [0.717, 1.165) is 5.69 Å². The van der Waals surface area contributed by atoms with E-state index < -0.39 is 18.3 Å². The quantitative estimate of drug-likeness (QED) is 0.181. The first-order valence-electron chi connectivity index (χ1n) is 9.98. The molecule has 2 rings (SSSR count). The number of rotatable bonds is 9. The molecule has 0 aliphatic heterocycles. The summed E-state index contributed by atoms with van der Waals surface area (Å²) >= 11 is 0.